The lowest BCUT2D eigenvalue weighted by molar-refractivity contribution is -0.225. The highest BCUT2D eigenvalue weighted by molar-refractivity contribution is 5.81. The Kier molecular flexibility index (Phi) is 7.67. The van der Waals surface area contributed by atoms with Gasteiger partial charge in [-0.2, -0.15) is 0 Å². The van der Waals surface area contributed by atoms with Gasteiger partial charge in [-0.25, -0.2) is 0 Å². The molecule has 4 fully saturated rings. The van der Waals surface area contributed by atoms with Gasteiger partial charge in [0, 0.05) is 0 Å². The van der Waals surface area contributed by atoms with Crippen molar-refractivity contribution in [2.75, 3.05) is 19.7 Å². The lowest BCUT2D eigenvalue weighted by Crippen LogP contribution is -2.64. The van der Waals surface area contributed by atoms with Gasteiger partial charge in [-0.05, 0) is 127 Å². The predicted molar refractivity (Wildman–Crippen MR) is 151 cm³/mol. The average molecular weight is 502 g/mol. The molecule has 208 valence electrons. The molecule has 0 bridgehead atoms. The van der Waals surface area contributed by atoms with Crippen LogP contribution in [0.15, 0.2) is 0 Å². The van der Waals surface area contributed by atoms with Crippen LogP contribution in [0.2, 0.25) is 0 Å². The highest BCUT2D eigenvalue weighted by Gasteiger charge is 2.70. The van der Waals surface area contributed by atoms with E-state index in [1.807, 2.05) is 0 Å². The summed E-state index contributed by atoms with van der Waals surface area (Å²) in [6.45, 7) is 24.5. The Morgan fingerprint density at radius 3 is 2.28 bits per heavy atom. The van der Waals surface area contributed by atoms with Crippen molar-refractivity contribution in [3.05, 3.63) is 0 Å². The van der Waals surface area contributed by atoms with E-state index < -0.39 is 0 Å². The number of fused-ring (bicyclic) bond motifs is 5. The molecule has 9 atom stereocenters. The summed E-state index contributed by atoms with van der Waals surface area (Å²) in [7, 11) is 0. The van der Waals surface area contributed by atoms with Crippen molar-refractivity contribution in [1.29, 1.82) is 0 Å². The zero-order chi connectivity index (χ0) is 26.7. The first kappa shape index (κ1) is 28.6. The van der Waals surface area contributed by atoms with Gasteiger partial charge in [0.15, 0.2) is 5.78 Å². The smallest absolute Gasteiger partial charge is 0.171 e. The van der Waals surface area contributed by atoms with Gasteiger partial charge in [0.05, 0.1) is 6.54 Å². The summed E-state index contributed by atoms with van der Waals surface area (Å²) in [5.41, 5.74) is 2.20. The summed E-state index contributed by atoms with van der Waals surface area (Å²) >= 11 is 0. The van der Waals surface area contributed by atoms with Gasteiger partial charge >= 0.3 is 0 Å². The predicted octanol–water partition coefficient (Wildman–Crippen LogP) is 7.51. The topological polar surface area (TPSA) is 49.3 Å². The van der Waals surface area contributed by atoms with Crippen LogP contribution in [0.3, 0.4) is 0 Å². The second-order valence-electron chi connectivity index (χ2n) is 16.1. The van der Waals surface area contributed by atoms with E-state index in [-0.39, 0.29) is 12.4 Å². The molecule has 0 heterocycles. The number of rotatable bonds is 8. The zero-order valence-electron chi connectivity index (χ0n) is 25.3. The van der Waals surface area contributed by atoms with E-state index in [2.05, 4.69) is 67.6 Å². The fraction of sp³-hybridized carbons (Fsp3) is 0.970. The number of ketones is 1. The molecule has 0 aromatic rings. The maximum Gasteiger partial charge on any atom is 0.171 e. The van der Waals surface area contributed by atoms with Gasteiger partial charge in [-0.15, -0.1) is 0 Å². The zero-order valence-corrected chi connectivity index (χ0v) is 25.3. The van der Waals surface area contributed by atoms with Gasteiger partial charge in [0.25, 0.3) is 0 Å². The molecule has 0 spiro atoms. The van der Waals surface area contributed by atoms with E-state index in [0.29, 0.717) is 33.6 Å². The van der Waals surface area contributed by atoms with Crippen molar-refractivity contribution >= 4 is 5.78 Å². The summed E-state index contributed by atoms with van der Waals surface area (Å²) in [5, 5.41) is 12.2. The quantitative estimate of drug-likeness (QED) is 0.338. The number of aliphatic hydroxyl groups excluding tert-OH is 1. The number of hydrogen-bond acceptors (Lipinski definition) is 3. The van der Waals surface area contributed by atoms with Crippen molar-refractivity contribution in [1.82, 2.24) is 5.32 Å². The highest BCUT2D eigenvalue weighted by Crippen LogP contribution is 2.77. The third-order valence-corrected chi connectivity index (χ3v) is 13.9. The van der Waals surface area contributed by atoms with Gasteiger partial charge in [0.2, 0.25) is 0 Å². The molecular weight excluding hydrogens is 442 g/mol. The lowest BCUT2D eigenvalue weighted by atomic mass is 9.34. The Morgan fingerprint density at radius 2 is 1.61 bits per heavy atom. The second-order valence-corrected chi connectivity index (χ2v) is 16.1. The molecule has 4 unspecified atom stereocenters. The minimum absolute atomic E-state index is 0.112. The Balaban J connectivity index is 1.53. The van der Waals surface area contributed by atoms with Crippen LogP contribution in [0.5, 0.6) is 0 Å². The SMILES string of the molecule is CC1CC2[C@@]3(C)CC[C@H](C)C(C)(C)C3CC[C@@]2(C)[C@]2(C)CCC(C(C)(C)CCCNCC(=O)CO)[C@@H]12. The highest BCUT2D eigenvalue weighted by atomic mass is 16.3. The van der Waals surface area contributed by atoms with Crippen LogP contribution in [0.4, 0.5) is 0 Å². The van der Waals surface area contributed by atoms with Crippen molar-refractivity contribution in [2.24, 2.45) is 62.6 Å². The maximum atomic E-state index is 11.4. The molecule has 4 aliphatic carbocycles. The number of nitrogens with one attached hydrogen (secondary N) is 1. The van der Waals surface area contributed by atoms with E-state index >= 15 is 0 Å². The number of Topliss-reactive ketones (excluding diaryl/α,β-unsaturated/α-hetero) is 1. The van der Waals surface area contributed by atoms with Gasteiger partial charge in [-0.3, -0.25) is 4.79 Å². The lowest BCUT2D eigenvalue weighted by Gasteiger charge is -2.71. The Labute approximate surface area is 223 Å². The van der Waals surface area contributed by atoms with Crippen LogP contribution >= 0.6 is 0 Å². The second kappa shape index (κ2) is 9.65. The summed E-state index contributed by atoms with van der Waals surface area (Å²) in [4.78, 5) is 11.4. The monoisotopic (exact) mass is 501 g/mol. The van der Waals surface area contributed by atoms with E-state index in [0.717, 1.165) is 48.5 Å². The molecule has 0 aliphatic heterocycles. The number of carbonyl (C=O) groups is 1. The van der Waals surface area contributed by atoms with Crippen LogP contribution in [0.25, 0.3) is 0 Å². The van der Waals surface area contributed by atoms with Crippen molar-refractivity contribution in [3.63, 3.8) is 0 Å². The summed E-state index contributed by atoms with van der Waals surface area (Å²) in [5.74, 6) is 4.89. The number of hydrogen-bond donors (Lipinski definition) is 2. The van der Waals surface area contributed by atoms with E-state index in [4.69, 9.17) is 5.11 Å². The fourth-order valence-electron chi connectivity index (χ4n) is 11.4. The van der Waals surface area contributed by atoms with Crippen LogP contribution in [-0.4, -0.2) is 30.6 Å². The van der Waals surface area contributed by atoms with Gasteiger partial charge in [0.1, 0.15) is 6.61 Å². The maximum absolute atomic E-state index is 11.4. The molecule has 4 rings (SSSR count). The molecule has 4 aliphatic rings. The van der Waals surface area contributed by atoms with Crippen molar-refractivity contribution < 1.29 is 9.90 Å². The molecule has 4 saturated carbocycles. The largest absolute Gasteiger partial charge is 0.389 e. The first-order valence-electron chi connectivity index (χ1n) is 15.5. The third-order valence-electron chi connectivity index (χ3n) is 13.9. The van der Waals surface area contributed by atoms with E-state index in [1.165, 1.54) is 51.4 Å². The number of aliphatic hydroxyl groups is 1. The molecule has 36 heavy (non-hydrogen) atoms. The van der Waals surface area contributed by atoms with Crippen LogP contribution in [0, 0.1) is 62.6 Å². The Morgan fingerprint density at radius 1 is 0.944 bits per heavy atom. The molecule has 3 nitrogen and oxygen atoms in total. The molecule has 0 aromatic carbocycles. The third kappa shape index (κ3) is 4.25. The van der Waals surface area contributed by atoms with Gasteiger partial charge < -0.3 is 10.4 Å². The molecule has 3 heteroatoms. The summed E-state index contributed by atoms with van der Waals surface area (Å²) < 4.78 is 0. The summed E-state index contributed by atoms with van der Waals surface area (Å²) in [6.07, 6.45) is 12.3. The normalized spacial score (nSPS) is 46.1. The first-order chi connectivity index (χ1) is 16.6. The minimum atomic E-state index is -0.352. The fourth-order valence-corrected chi connectivity index (χ4v) is 11.4. The van der Waals surface area contributed by atoms with Crippen LogP contribution in [-0.2, 0) is 4.79 Å². The molecular formula is C33H59NO2. The average Bonchev–Trinajstić information content (AvgIpc) is 3.19. The van der Waals surface area contributed by atoms with Crippen molar-refractivity contribution in [3.8, 4) is 0 Å². The molecule has 2 N–H and O–H groups in total. The standard InChI is InChI=1S/C33H59NO2/c1-22-19-27-31(7)15-11-23(2)30(5,6)26(31)13-17-32(27,8)33(9)16-12-25(28(22)33)29(3,4)14-10-18-34-20-24(36)21-35/h22-23,25-28,34-35H,10-21H2,1-9H3/t22?,23-,25?,26?,27?,28+,31-,32+,33+/m0/s1. The van der Waals surface area contributed by atoms with Crippen LogP contribution in [0.1, 0.15) is 120 Å². The molecule has 0 amide bonds. The molecule has 0 saturated heterocycles. The molecule has 0 aromatic heterocycles. The Bertz CT molecular complexity index is 819. The van der Waals surface area contributed by atoms with E-state index in [9.17, 15) is 4.79 Å². The minimum Gasteiger partial charge on any atom is -0.389 e. The number of carbonyl (C=O) groups excluding carboxylic acids is 1. The van der Waals surface area contributed by atoms with Crippen LogP contribution < -0.4 is 5.32 Å². The summed E-state index contributed by atoms with van der Waals surface area (Å²) in [6, 6.07) is 0. The molecule has 0 radical (unpaired) electrons. The van der Waals surface area contributed by atoms with E-state index in [1.54, 1.807) is 0 Å². The first-order valence-corrected chi connectivity index (χ1v) is 15.5. The van der Waals surface area contributed by atoms with Crippen molar-refractivity contribution in [2.45, 2.75) is 120 Å². The van der Waals surface area contributed by atoms with Gasteiger partial charge in [-0.1, -0.05) is 62.3 Å². The Hall–Kier alpha value is -0.410.